The average Bonchev–Trinajstić information content (AvgIpc) is 2.94. The van der Waals surface area contributed by atoms with Crippen molar-refractivity contribution >= 4 is 17.8 Å². The number of allylic oxidation sites excluding steroid dienone is 1. The van der Waals surface area contributed by atoms with Gasteiger partial charge in [0.15, 0.2) is 5.76 Å². The van der Waals surface area contributed by atoms with Crippen molar-refractivity contribution in [1.82, 2.24) is 0 Å². The molecule has 0 N–H and O–H groups in total. The first kappa shape index (κ1) is 17.7. The summed E-state index contributed by atoms with van der Waals surface area (Å²) in [6, 6.07) is 10.6. The van der Waals surface area contributed by atoms with Crippen LogP contribution >= 0.6 is 0 Å². The second-order valence-electron chi connectivity index (χ2n) is 6.36. The summed E-state index contributed by atoms with van der Waals surface area (Å²) in [5, 5.41) is 0. The number of ketones is 1. The predicted molar refractivity (Wildman–Crippen MR) is 97.6 cm³/mol. The summed E-state index contributed by atoms with van der Waals surface area (Å²) in [6.45, 7) is 5.30. The number of methoxy groups -OCH3 is 1. The van der Waals surface area contributed by atoms with Gasteiger partial charge < -0.3 is 14.2 Å². The van der Waals surface area contributed by atoms with Gasteiger partial charge in [-0.25, -0.2) is 0 Å². The van der Waals surface area contributed by atoms with Crippen LogP contribution in [0.1, 0.15) is 35.3 Å². The highest BCUT2D eigenvalue weighted by molar-refractivity contribution is 6.15. The third-order valence-corrected chi connectivity index (χ3v) is 4.11. The van der Waals surface area contributed by atoms with Crippen LogP contribution in [0.4, 0.5) is 0 Å². The van der Waals surface area contributed by atoms with Crippen molar-refractivity contribution in [1.29, 1.82) is 0 Å². The maximum atomic E-state index is 12.6. The highest BCUT2D eigenvalue weighted by atomic mass is 16.5. The Morgan fingerprint density at radius 1 is 1.19 bits per heavy atom. The zero-order chi connectivity index (χ0) is 18.8. The smallest absolute Gasteiger partial charge is 0.313 e. The van der Waals surface area contributed by atoms with Gasteiger partial charge in [-0.1, -0.05) is 26.0 Å². The molecule has 1 heterocycles. The van der Waals surface area contributed by atoms with E-state index in [9.17, 15) is 9.59 Å². The van der Waals surface area contributed by atoms with Gasteiger partial charge in [0, 0.05) is 5.56 Å². The van der Waals surface area contributed by atoms with E-state index in [1.165, 1.54) is 0 Å². The number of benzene rings is 2. The lowest BCUT2D eigenvalue weighted by molar-refractivity contribution is -0.137. The molecule has 3 rings (SSSR count). The van der Waals surface area contributed by atoms with Crippen LogP contribution < -0.4 is 14.2 Å². The molecule has 0 atom stereocenters. The first-order chi connectivity index (χ1) is 12.4. The molecule has 0 radical (unpaired) electrons. The second kappa shape index (κ2) is 7.04. The van der Waals surface area contributed by atoms with Gasteiger partial charge in [-0.05, 0) is 42.8 Å². The number of rotatable bonds is 4. The van der Waals surface area contributed by atoms with Gasteiger partial charge in [0.05, 0.1) is 18.6 Å². The lowest BCUT2D eigenvalue weighted by Crippen LogP contribution is -2.15. The monoisotopic (exact) mass is 352 g/mol. The van der Waals surface area contributed by atoms with Crippen molar-refractivity contribution in [2.24, 2.45) is 5.92 Å². The van der Waals surface area contributed by atoms with E-state index in [0.717, 1.165) is 5.56 Å². The van der Waals surface area contributed by atoms with Crippen molar-refractivity contribution in [3.05, 3.63) is 58.8 Å². The van der Waals surface area contributed by atoms with Crippen LogP contribution in [-0.4, -0.2) is 18.9 Å². The van der Waals surface area contributed by atoms with Crippen LogP contribution in [0.3, 0.4) is 0 Å². The molecule has 0 spiro atoms. The Morgan fingerprint density at radius 2 is 1.96 bits per heavy atom. The lowest BCUT2D eigenvalue weighted by atomic mass is 10.1. The molecule has 26 heavy (non-hydrogen) atoms. The zero-order valence-corrected chi connectivity index (χ0v) is 15.2. The molecule has 0 saturated heterocycles. The fourth-order valence-electron chi connectivity index (χ4n) is 2.59. The number of hydrogen-bond donors (Lipinski definition) is 0. The lowest BCUT2D eigenvalue weighted by Gasteiger charge is -2.11. The maximum Gasteiger partial charge on any atom is 0.313 e. The van der Waals surface area contributed by atoms with Crippen molar-refractivity contribution < 1.29 is 23.8 Å². The highest BCUT2D eigenvalue weighted by Crippen LogP contribution is 2.39. The van der Waals surface area contributed by atoms with Crippen LogP contribution in [0.15, 0.2) is 42.2 Å². The molecule has 5 nitrogen and oxygen atoms in total. The SMILES string of the molecule is COc1cccc(/C=C2\Oc3c(ccc(OC(=O)C(C)C)c3C)C2=O)c1. The van der Waals surface area contributed by atoms with Crippen LogP contribution in [-0.2, 0) is 4.79 Å². The number of fused-ring (bicyclic) bond motifs is 1. The van der Waals surface area contributed by atoms with E-state index in [-0.39, 0.29) is 23.4 Å². The number of hydrogen-bond acceptors (Lipinski definition) is 5. The summed E-state index contributed by atoms with van der Waals surface area (Å²) >= 11 is 0. The molecular weight excluding hydrogens is 332 g/mol. The second-order valence-corrected chi connectivity index (χ2v) is 6.36. The third kappa shape index (κ3) is 3.33. The van der Waals surface area contributed by atoms with E-state index in [0.29, 0.717) is 28.4 Å². The standard InChI is InChI=1S/C21H20O5/c1-12(2)21(23)26-17-9-8-16-19(22)18(25-20(16)13(17)3)11-14-6-5-7-15(10-14)24-4/h5-12H,1-4H3/b18-11-. The number of Topliss-reactive ketones (excluding diaryl/α,β-unsaturated/α-hetero) is 1. The fourth-order valence-corrected chi connectivity index (χ4v) is 2.59. The Kier molecular flexibility index (Phi) is 4.80. The van der Waals surface area contributed by atoms with Gasteiger partial charge in [-0.2, -0.15) is 0 Å². The van der Waals surface area contributed by atoms with E-state index in [2.05, 4.69) is 0 Å². The van der Waals surface area contributed by atoms with Crippen LogP contribution in [0.25, 0.3) is 6.08 Å². The van der Waals surface area contributed by atoms with Crippen LogP contribution in [0.2, 0.25) is 0 Å². The molecule has 2 aromatic carbocycles. The Morgan fingerprint density at radius 3 is 2.65 bits per heavy atom. The van der Waals surface area contributed by atoms with E-state index < -0.39 is 0 Å². The van der Waals surface area contributed by atoms with Crippen molar-refractivity contribution in [3.63, 3.8) is 0 Å². The highest BCUT2D eigenvalue weighted by Gasteiger charge is 2.30. The molecule has 0 bridgehead atoms. The van der Waals surface area contributed by atoms with Gasteiger partial charge in [-0.15, -0.1) is 0 Å². The average molecular weight is 352 g/mol. The fraction of sp³-hybridized carbons (Fsp3) is 0.238. The minimum Gasteiger partial charge on any atom is -0.497 e. The maximum absolute atomic E-state index is 12.6. The molecule has 0 unspecified atom stereocenters. The third-order valence-electron chi connectivity index (χ3n) is 4.11. The number of carbonyl (C=O) groups is 2. The molecule has 0 fully saturated rings. The van der Waals surface area contributed by atoms with Crippen LogP contribution in [0, 0.1) is 12.8 Å². The normalized spacial score (nSPS) is 14.3. The minimum absolute atomic E-state index is 0.201. The van der Waals surface area contributed by atoms with Gasteiger partial charge in [0.2, 0.25) is 5.78 Å². The summed E-state index contributed by atoms with van der Waals surface area (Å²) in [5.41, 5.74) is 1.88. The molecule has 1 aliphatic rings. The first-order valence-electron chi connectivity index (χ1n) is 8.34. The van der Waals surface area contributed by atoms with Crippen molar-refractivity contribution in [3.8, 4) is 17.2 Å². The summed E-state index contributed by atoms with van der Waals surface area (Å²) < 4.78 is 16.4. The van der Waals surface area contributed by atoms with E-state index in [1.807, 2.05) is 24.3 Å². The van der Waals surface area contributed by atoms with E-state index in [1.54, 1.807) is 46.1 Å². The zero-order valence-electron chi connectivity index (χ0n) is 15.2. The van der Waals surface area contributed by atoms with E-state index >= 15 is 0 Å². The molecule has 0 aliphatic carbocycles. The predicted octanol–water partition coefficient (Wildman–Crippen LogP) is 4.18. The van der Waals surface area contributed by atoms with E-state index in [4.69, 9.17) is 14.2 Å². The van der Waals surface area contributed by atoms with Crippen LogP contribution in [0.5, 0.6) is 17.2 Å². The molecule has 0 saturated carbocycles. The van der Waals surface area contributed by atoms with Crippen molar-refractivity contribution in [2.75, 3.05) is 7.11 Å². The van der Waals surface area contributed by atoms with Crippen molar-refractivity contribution in [2.45, 2.75) is 20.8 Å². The quantitative estimate of drug-likeness (QED) is 0.469. The van der Waals surface area contributed by atoms with Gasteiger partial charge >= 0.3 is 5.97 Å². The Hall–Kier alpha value is -3.08. The first-order valence-corrected chi connectivity index (χ1v) is 8.34. The number of ether oxygens (including phenoxy) is 3. The topological polar surface area (TPSA) is 61.8 Å². The van der Waals surface area contributed by atoms with Gasteiger partial charge in [-0.3, -0.25) is 9.59 Å². The summed E-state index contributed by atoms with van der Waals surface area (Å²) in [7, 11) is 1.59. The molecule has 5 heteroatoms. The summed E-state index contributed by atoms with van der Waals surface area (Å²) in [4.78, 5) is 24.5. The molecule has 2 aromatic rings. The Bertz CT molecular complexity index is 909. The number of carbonyl (C=O) groups excluding carboxylic acids is 2. The summed E-state index contributed by atoms with van der Waals surface area (Å²) in [5.74, 6) is 0.979. The van der Waals surface area contributed by atoms with Gasteiger partial charge in [0.25, 0.3) is 0 Å². The largest absolute Gasteiger partial charge is 0.497 e. The molecule has 0 aromatic heterocycles. The number of esters is 1. The molecule has 134 valence electrons. The molecule has 0 amide bonds. The molecule has 1 aliphatic heterocycles. The minimum atomic E-state index is -0.329. The Labute approximate surface area is 152 Å². The molecular formula is C21H20O5. The van der Waals surface area contributed by atoms with Gasteiger partial charge in [0.1, 0.15) is 17.2 Å². The summed E-state index contributed by atoms with van der Waals surface area (Å²) in [6.07, 6.45) is 1.67. The Balaban J connectivity index is 1.92.